The van der Waals surface area contributed by atoms with Crippen LogP contribution >= 0.6 is 0 Å². The predicted molar refractivity (Wildman–Crippen MR) is 89.6 cm³/mol. The zero-order valence-electron chi connectivity index (χ0n) is 12.3. The topological polar surface area (TPSA) is 58.6 Å². The Morgan fingerprint density at radius 3 is 2.30 bits per heavy atom. The first-order chi connectivity index (χ1) is 11.2. The van der Waals surface area contributed by atoms with Crippen LogP contribution in [0.25, 0.3) is 11.1 Å². The lowest BCUT2D eigenvalue weighted by Gasteiger charge is -2.08. The van der Waals surface area contributed by atoms with Crippen LogP contribution in [0.1, 0.15) is 0 Å². The highest BCUT2D eigenvalue weighted by Crippen LogP contribution is 2.24. The zero-order valence-corrected chi connectivity index (χ0v) is 12.3. The average molecular weight is 305 g/mol. The molecule has 0 atom stereocenters. The van der Waals surface area contributed by atoms with Gasteiger partial charge in [-0.2, -0.15) is 0 Å². The third kappa shape index (κ3) is 3.89. The monoisotopic (exact) mass is 305 g/mol. The van der Waals surface area contributed by atoms with Crippen molar-refractivity contribution in [3.63, 3.8) is 0 Å². The average Bonchev–Trinajstić information content (AvgIpc) is 2.56. The van der Waals surface area contributed by atoms with Crippen molar-refractivity contribution in [1.29, 1.82) is 0 Å². The number of phenolic OH excluding ortho intramolecular Hbond substituents is 1. The van der Waals surface area contributed by atoms with Gasteiger partial charge < -0.3 is 9.84 Å². The minimum absolute atomic E-state index is 0.217. The summed E-state index contributed by atoms with van der Waals surface area (Å²) >= 11 is 0. The molecular formula is C19H15NO3. The predicted octanol–water partition coefficient (Wildman–Crippen LogP) is 4.67. The molecule has 0 saturated carbocycles. The molecule has 4 nitrogen and oxygen atoms in total. The summed E-state index contributed by atoms with van der Waals surface area (Å²) in [5.74, 6) is 0.703. The summed E-state index contributed by atoms with van der Waals surface area (Å²) in [5, 5.41) is 12.0. The summed E-state index contributed by atoms with van der Waals surface area (Å²) in [5.41, 5.74) is 2.52. The van der Waals surface area contributed by atoms with E-state index in [0.29, 0.717) is 11.4 Å². The van der Waals surface area contributed by atoms with Crippen molar-refractivity contribution < 1.29 is 14.6 Å². The summed E-state index contributed by atoms with van der Waals surface area (Å²) in [6.45, 7) is 0. The van der Waals surface area contributed by atoms with Gasteiger partial charge in [0.25, 0.3) is 0 Å². The number of aromatic hydroxyl groups is 1. The Kier molecular flexibility index (Phi) is 4.25. The molecule has 0 unspecified atom stereocenters. The first-order valence-corrected chi connectivity index (χ1v) is 7.14. The van der Waals surface area contributed by atoms with Crippen LogP contribution in [0.4, 0.5) is 10.5 Å². The maximum Gasteiger partial charge on any atom is 0.417 e. The Balaban J connectivity index is 1.72. The molecule has 0 aliphatic heterocycles. The fraction of sp³-hybridized carbons (Fsp3) is 0. The molecular weight excluding hydrogens is 290 g/mol. The van der Waals surface area contributed by atoms with Crippen LogP contribution in [0.2, 0.25) is 0 Å². The number of phenols is 1. The van der Waals surface area contributed by atoms with Gasteiger partial charge in [0, 0.05) is 5.69 Å². The summed E-state index contributed by atoms with van der Waals surface area (Å²) in [7, 11) is 0. The number of para-hydroxylation sites is 1. The van der Waals surface area contributed by atoms with Gasteiger partial charge in [-0.15, -0.1) is 0 Å². The Labute approximate surface area is 134 Å². The molecule has 0 aromatic heterocycles. The van der Waals surface area contributed by atoms with E-state index in [-0.39, 0.29) is 5.75 Å². The van der Waals surface area contributed by atoms with E-state index in [1.807, 2.05) is 36.4 Å². The van der Waals surface area contributed by atoms with Crippen molar-refractivity contribution >= 4 is 11.8 Å². The molecule has 1 amide bonds. The number of carbonyl (C=O) groups is 1. The van der Waals surface area contributed by atoms with Crippen LogP contribution < -0.4 is 10.1 Å². The van der Waals surface area contributed by atoms with Crippen LogP contribution in [0.5, 0.6) is 11.5 Å². The molecule has 0 aliphatic carbocycles. The molecule has 3 aromatic rings. The van der Waals surface area contributed by atoms with Crippen LogP contribution in [0.3, 0.4) is 0 Å². The van der Waals surface area contributed by atoms with Crippen LogP contribution in [0.15, 0.2) is 78.9 Å². The normalized spacial score (nSPS) is 10.1. The van der Waals surface area contributed by atoms with Crippen molar-refractivity contribution in [2.24, 2.45) is 0 Å². The number of carbonyl (C=O) groups excluding carboxylic acids is 1. The third-order valence-electron chi connectivity index (χ3n) is 3.26. The summed E-state index contributed by atoms with van der Waals surface area (Å²) < 4.78 is 5.20. The second-order valence-corrected chi connectivity index (χ2v) is 4.96. The van der Waals surface area contributed by atoms with Gasteiger partial charge in [-0.1, -0.05) is 42.5 Å². The molecule has 0 bridgehead atoms. The number of hydrogen-bond donors (Lipinski definition) is 2. The fourth-order valence-electron chi connectivity index (χ4n) is 2.17. The van der Waals surface area contributed by atoms with Gasteiger partial charge in [-0.25, -0.2) is 4.79 Å². The van der Waals surface area contributed by atoms with Crippen LogP contribution in [-0.4, -0.2) is 11.2 Å². The molecule has 0 fully saturated rings. The van der Waals surface area contributed by atoms with Crippen molar-refractivity contribution in [2.45, 2.75) is 0 Å². The van der Waals surface area contributed by atoms with Crippen LogP contribution in [-0.2, 0) is 0 Å². The largest absolute Gasteiger partial charge is 0.508 e. The minimum atomic E-state index is -0.543. The van der Waals surface area contributed by atoms with Gasteiger partial charge in [0.1, 0.15) is 11.5 Å². The Hall–Kier alpha value is -3.27. The maximum absolute atomic E-state index is 11.9. The Bertz CT molecular complexity index is 798. The van der Waals surface area contributed by atoms with Gasteiger partial charge in [0.2, 0.25) is 0 Å². The quantitative estimate of drug-likeness (QED) is 0.739. The zero-order chi connectivity index (χ0) is 16.1. The molecule has 3 aromatic carbocycles. The molecule has 0 radical (unpaired) electrons. The molecule has 4 heteroatoms. The summed E-state index contributed by atoms with van der Waals surface area (Å²) in [6.07, 6.45) is -0.543. The number of ether oxygens (including phenoxy) is 1. The molecule has 0 spiro atoms. The lowest BCUT2D eigenvalue weighted by atomic mass is 10.1. The van der Waals surface area contributed by atoms with Crippen LogP contribution in [0, 0.1) is 0 Å². The highest BCUT2D eigenvalue weighted by Gasteiger charge is 2.06. The smallest absolute Gasteiger partial charge is 0.417 e. The highest BCUT2D eigenvalue weighted by molar-refractivity contribution is 5.87. The van der Waals surface area contributed by atoms with E-state index < -0.39 is 6.09 Å². The Morgan fingerprint density at radius 1 is 0.826 bits per heavy atom. The van der Waals surface area contributed by atoms with Gasteiger partial charge in [-0.05, 0) is 47.5 Å². The minimum Gasteiger partial charge on any atom is -0.508 e. The van der Waals surface area contributed by atoms with Gasteiger partial charge in [0.15, 0.2) is 0 Å². The van der Waals surface area contributed by atoms with E-state index in [9.17, 15) is 9.90 Å². The lowest BCUT2D eigenvalue weighted by molar-refractivity contribution is 0.215. The fourth-order valence-corrected chi connectivity index (χ4v) is 2.17. The maximum atomic E-state index is 11.9. The number of anilines is 1. The van der Waals surface area contributed by atoms with E-state index in [1.54, 1.807) is 42.5 Å². The van der Waals surface area contributed by atoms with Gasteiger partial charge >= 0.3 is 6.09 Å². The van der Waals surface area contributed by atoms with E-state index in [0.717, 1.165) is 11.1 Å². The summed E-state index contributed by atoms with van der Waals surface area (Å²) in [6, 6.07) is 23.2. The van der Waals surface area contributed by atoms with Crippen molar-refractivity contribution in [3.05, 3.63) is 78.9 Å². The third-order valence-corrected chi connectivity index (χ3v) is 3.26. The number of benzene rings is 3. The highest BCUT2D eigenvalue weighted by atomic mass is 16.6. The molecule has 23 heavy (non-hydrogen) atoms. The number of amides is 1. The molecule has 0 heterocycles. The van der Waals surface area contributed by atoms with Crippen molar-refractivity contribution in [3.8, 4) is 22.6 Å². The van der Waals surface area contributed by atoms with Gasteiger partial charge in [0.05, 0.1) is 0 Å². The van der Waals surface area contributed by atoms with E-state index in [4.69, 9.17) is 4.74 Å². The summed E-state index contributed by atoms with van der Waals surface area (Å²) in [4.78, 5) is 11.9. The molecule has 0 saturated heterocycles. The molecule has 0 aliphatic rings. The first kappa shape index (κ1) is 14.7. The van der Waals surface area contributed by atoms with Crippen molar-refractivity contribution in [2.75, 3.05) is 5.32 Å². The number of hydrogen-bond acceptors (Lipinski definition) is 3. The molecule has 2 N–H and O–H groups in total. The molecule has 114 valence electrons. The van der Waals surface area contributed by atoms with Crippen molar-refractivity contribution in [1.82, 2.24) is 0 Å². The van der Waals surface area contributed by atoms with E-state index in [2.05, 4.69) is 5.32 Å². The standard InChI is InChI=1S/C19H15NO3/c21-17-11-9-14(10-12-17)15-5-4-6-16(13-15)20-19(22)23-18-7-2-1-3-8-18/h1-13,21H,(H,20,22). The van der Waals surface area contributed by atoms with E-state index >= 15 is 0 Å². The number of nitrogens with one attached hydrogen (secondary N) is 1. The number of rotatable bonds is 3. The Morgan fingerprint density at radius 2 is 1.57 bits per heavy atom. The first-order valence-electron chi connectivity index (χ1n) is 7.14. The second-order valence-electron chi connectivity index (χ2n) is 4.96. The SMILES string of the molecule is O=C(Nc1cccc(-c2ccc(O)cc2)c1)Oc1ccccc1. The van der Waals surface area contributed by atoms with Gasteiger partial charge in [-0.3, -0.25) is 5.32 Å². The van der Waals surface area contributed by atoms with E-state index in [1.165, 1.54) is 0 Å². The molecule has 3 rings (SSSR count). The second kappa shape index (κ2) is 6.66. The lowest BCUT2D eigenvalue weighted by Crippen LogP contribution is -2.16.